The predicted molar refractivity (Wildman–Crippen MR) is 75.9 cm³/mol. The number of thiophene rings is 1. The lowest BCUT2D eigenvalue weighted by molar-refractivity contribution is 0.0924. The molecule has 0 saturated carbocycles. The Morgan fingerprint density at radius 3 is 2.72 bits per heavy atom. The Kier molecular flexibility index (Phi) is 4.53. The van der Waals surface area contributed by atoms with E-state index in [1.54, 1.807) is 12.1 Å². The minimum atomic E-state index is -0.413. The number of ether oxygens (including phenoxy) is 1. The molecule has 0 amide bonds. The number of halogens is 3. The first-order chi connectivity index (χ1) is 8.56. The first-order valence-corrected chi connectivity index (χ1v) is 7.38. The van der Waals surface area contributed by atoms with E-state index >= 15 is 0 Å². The fourth-order valence-electron chi connectivity index (χ4n) is 1.32. The molecule has 0 N–H and O–H groups in total. The molecule has 0 aliphatic rings. The van der Waals surface area contributed by atoms with Gasteiger partial charge in [-0.15, -0.1) is 11.3 Å². The van der Waals surface area contributed by atoms with Crippen LogP contribution in [0.3, 0.4) is 0 Å². The van der Waals surface area contributed by atoms with E-state index in [-0.39, 0.29) is 12.4 Å². The van der Waals surface area contributed by atoms with E-state index in [2.05, 4.69) is 31.9 Å². The molecule has 0 aliphatic heterocycles. The van der Waals surface area contributed by atoms with Crippen molar-refractivity contribution in [1.82, 2.24) is 0 Å². The van der Waals surface area contributed by atoms with Gasteiger partial charge in [-0.2, -0.15) is 0 Å². The van der Waals surface area contributed by atoms with Gasteiger partial charge in [-0.3, -0.25) is 4.79 Å². The summed E-state index contributed by atoms with van der Waals surface area (Å²) in [5.74, 6) is -0.232. The number of carbonyl (C=O) groups is 1. The summed E-state index contributed by atoms with van der Waals surface area (Å²) in [6.45, 7) is -0.116. The molecule has 0 radical (unpaired) electrons. The molecule has 18 heavy (non-hydrogen) atoms. The second-order valence-corrected chi connectivity index (χ2v) is 6.10. The van der Waals surface area contributed by atoms with Crippen LogP contribution >= 0.6 is 43.2 Å². The number of hydrogen-bond acceptors (Lipinski definition) is 3. The Morgan fingerprint density at radius 1 is 1.33 bits per heavy atom. The van der Waals surface area contributed by atoms with Gasteiger partial charge >= 0.3 is 0 Å². The summed E-state index contributed by atoms with van der Waals surface area (Å²) in [5, 5.41) is 1.82. The van der Waals surface area contributed by atoms with Gasteiger partial charge in [0.1, 0.15) is 11.6 Å². The quantitative estimate of drug-likeness (QED) is 0.705. The number of Topliss-reactive ketones (excluding diaryl/α,β-unsaturated/α-hetero) is 1. The maximum atomic E-state index is 13.1. The lowest BCUT2D eigenvalue weighted by Crippen LogP contribution is -2.10. The number of rotatable bonds is 4. The van der Waals surface area contributed by atoms with E-state index in [1.807, 2.05) is 5.38 Å². The maximum absolute atomic E-state index is 13.1. The average molecular weight is 394 g/mol. The predicted octanol–water partition coefficient (Wildman–Crippen LogP) is 4.67. The molecule has 1 aromatic heterocycles. The Bertz CT molecular complexity index is 563. The van der Waals surface area contributed by atoms with Crippen molar-refractivity contribution in [2.24, 2.45) is 0 Å². The third-order valence-electron chi connectivity index (χ3n) is 2.08. The average Bonchev–Trinajstić information content (AvgIpc) is 2.71. The van der Waals surface area contributed by atoms with Crippen molar-refractivity contribution in [3.63, 3.8) is 0 Å². The van der Waals surface area contributed by atoms with Crippen LogP contribution in [-0.4, -0.2) is 12.4 Å². The molecule has 0 bridgehead atoms. The van der Waals surface area contributed by atoms with E-state index in [1.165, 1.54) is 23.5 Å². The first kappa shape index (κ1) is 13.7. The molecule has 0 saturated heterocycles. The van der Waals surface area contributed by atoms with E-state index in [4.69, 9.17) is 4.74 Å². The van der Waals surface area contributed by atoms with Crippen LogP contribution in [-0.2, 0) is 0 Å². The molecule has 1 heterocycles. The van der Waals surface area contributed by atoms with Crippen molar-refractivity contribution in [1.29, 1.82) is 0 Å². The summed E-state index contributed by atoms with van der Waals surface area (Å²) in [6, 6.07) is 5.97. The summed E-state index contributed by atoms with van der Waals surface area (Å²) in [6.07, 6.45) is 0. The minimum absolute atomic E-state index is 0.116. The number of benzene rings is 1. The number of carbonyl (C=O) groups excluding carboxylic acids is 1. The fourth-order valence-corrected chi connectivity index (χ4v) is 3.28. The van der Waals surface area contributed by atoms with E-state index in [9.17, 15) is 9.18 Å². The Morgan fingerprint density at radius 2 is 2.11 bits per heavy atom. The van der Waals surface area contributed by atoms with Gasteiger partial charge in [-0.05, 0) is 39.5 Å². The van der Waals surface area contributed by atoms with Gasteiger partial charge in [-0.1, -0.05) is 15.9 Å². The van der Waals surface area contributed by atoms with Crippen LogP contribution in [0.2, 0.25) is 0 Å². The van der Waals surface area contributed by atoms with E-state index < -0.39 is 5.82 Å². The fraction of sp³-hybridized carbons (Fsp3) is 0.0833. The second kappa shape index (κ2) is 5.95. The van der Waals surface area contributed by atoms with E-state index in [0.29, 0.717) is 15.1 Å². The topological polar surface area (TPSA) is 26.3 Å². The van der Waals surface area contributed by atoms with Crippen molar-refractivity contribution in [3.05, 3.63) is 49.3 Å². The van der Waals surface area contributed by atoms with Crippen LogP contribution in [0.4, 0.5) is 4.39 Å². The molecule has 2 nitrogen and oxygen atoms in total. The summed E-state index contributed by atoms with van der Waals surface area (Å²) in [5.41, 5.74) is 0. The van der Waals surface area contributed by atoms with Crippen LogP contribution in [0.15, 0.2) is 38.6 Å². The molecular formula is C12H7Br2FO2S. The summed E-state index contributed by atoms with van der Waals surface area (Å²) in [7, 11) is 0. The van der Waals surface area contributed by atoms with Gasteiger partial charge in [0.25, 0.3) is 0 Å². The summed E-state index contributed by atoms with van der Waals surface area (Å²) in [4.78, 5) is 12.4. The monoisotopic (exact) mass is 392 g/mol. The molecule has 0 unspecified atom stereocenters. The van der Waals surface area contributed by atoms with Crippen LogP contribution < -0.4 is 4.74 Å². The largest absolute Gasteiger partial charge is 0.485 e. The third kappa shape index (κ3) is 3.40. The van der Waals surface area contributed by atoms with Crippen molar-refractivity contribution >= 4 is 49.0 Å². The highest BCUT2D eigenvalue weighted by Crippen LogP contribution is 2.24. The van der Waals surface area contributed by atoms with Crippen molar-refractivity contribution in [3.8, 4) is 5.75 Å². The standard InChI is InChI=1S/C12H7Br2FO2S/c13-7-3-8(15)5-9(4-7)17-6-11(16)12-10(14)1-2-18-12/h1-5H,6H2. The Labute approximate surface area is 124 Å². The van der Waals surface area contributed by atoms with E-state index in [0.717, 1.165) is 4.47 Å². The molecule has 6 heteroatoms. The van der Waals surface area contributed by atoms with Crippen LogP contribution in [0.1, 0.15) is 9.67 Å². The lowest BCUT2D eigenvalue weighted by Gasteiger charge is -2.05. The zero-order valence-electron chi connectivity index (χ0n) is 8.95. The summed E-state index contributed by atoms with van der Waals surface area (Å²) >= 11 is 7.78. The summed E-state index contributed by atoms with van der Waals surface area (Å²) < 4.78 is 19.7. The molecular weight excluding hydrogens is 387 g/mol. The molecule has 94 valence electrons. The smallest absolute Gasteiger partial charge is 0.211 e. The molecule has 2 rings (SSSR count). The SMILES string of the molecule is O=C(COc1cc(F)cc(Br)c1)c1sccc1Br. The highest BCUT2D eigenvalue weighted by molar-refractivity contribution is 9.10. The molecule has 1 aromatic carbocycles. The van der Waals surface area contributed by atoms with Gasteiger partial charge in [0.05, 0.1) is 4.88 Å². The van der Waals surface area contributed by atoms with Gasteiger partial charge < -0.3 is 4.74 Å². The number of ketones is 1. The van der Waals surface area contributed by atoms with Crippen molar-refractivity contribution in [2.75, 3.05) is 6.61 Å². The maximum Gasteiger partial charge on any atom is 0.211 e. The molecule has 0 spiro atoms. The normalized spacial score (nSPS) is 10.4. The Balaban J connectivity index is 2.04. The van der Waals surface area contributed by atoms with Gasteiger partial charge in [-0.25, -0.2) is 4.39 Å². The Hall–Kier alpha value is -0.720. The molecule has 0 atom stereocenters. The first-order valence-electron chi connectivity index (χ1n) is 4.91. The molecule has 0 aliphatic carbocycles. The number of hydrogen-bond donors (Lipinski definition) is 0. The lowest BCUT2D eigenvalue weighted by atomic mass is 10.3. The van der Waals surface area contributed by atoms with Gasteiger partial charge in [0.15, 0.2) is 6.61 Å². The van der Waals surface area contributed by atoms with Crippen molar-refractivity contribution < 1.29 is 13.9 Å². The zero-order chi connectivity index (χ0) is 13.1. The minimum Gasteiger partial charge on any atom is -0.485 e. The van der Waals surface area contributed by atoms with Crippen molar-refractivity contribution in [2.45, 2.75) is 0 Å². The molecule has 2 aromatic rings. The molecule has 0 fully saturated rings. The highest BCUT2D eigenvalue weighted by Gasteiger charge is 2.12. The van der Waals surface area contributed by atoms with Gasteiger partial charge in [0.2, 0.25) is 5.78 Å². The second-order valence-electron chi connectivity index (χ2n) is 3.41. The van der Waals surface area contributed by atoms with Crippen LogP contribution in [0.25, 0.3) is 0 Å². The third-order valence-corrected chi connectivity index (χ3v) is 4.41. The zero-order valence-corrected chi connectivity index (χ0v) is 12.9. The highest BCUT2D eigenvalue weighted by atomic mass is 79.9. The van der Waals surface area contributed by atoms with Gasteiger partial charge in [0, 0.05) is 15.0 Å². The van der Waals surface area contributed by atoms with Crippen LogP contribution in [0.5, 0.6) is 5.75 Å². The van der Waals surface area contributed by atoms with Crippen LogP contribution in [0, 0.1) is 5.82 Å².